The quantitative estimate of drug-likeness (QED) is 0.640. The van der Waals surface area contributed by atoms with Crippen LogP contribution in [0.5, 0.6) is 0 Å². The Bertz CT molecular complexity index is 485. The zero-order chi connectivity index (χ0) is 11.8. The first kappa shape index (κ1) is 10.9. The predicted molar refractivity (Wildman–Crippen MR) is 71.4 cm³/mol. The summed E-state index contributed by atoms with van der Waals surface area (Å²) in [5.74, 6) is 0. The molecule has 0 heteroatoms. The van der Waals surface area contributed by atoms with Crippen LogP contribution in [0.1, 0.15) is 31.9 Å². The van der Waals surface area contributed by atoms with Crippen LogP contribution in [0.15, 0.2) is 54.6 Å². The maximum atomic E-state index is 4.25. The van der Waals surface area contributed by atoms with Gasteiger partial charge in [0.05, 0.1) is 0 Å². The van der Waals surface area contributed by atoms with Gasteiger partial charge in [0.1, 0.15) is 0 Å². The highest BCUT2D eigenvalue weighted by Crippen LogP contribution is 2.48. The van der Waals surface area contributed by atoms with Crippen LogP contribution in [0, 0.1) is 0 Å². The Morgan fingerprint density at radius 1 is 1.19 bits per heavy atom. The maximum Gasteiger partial charge on any atom is 0.0152 e. The maximum absolute atomic E-state index is 4.25. The second-order valence-electron chi connectivity index (χ2n) is 4.76. The molecule has 0 aromatic heterocycles. The van der Waals surface area contributed by atoms with Gasteiger partial charge in [0, 0.05) is 5.41 Å². The first-order valence-corrected chi connectivity index (χ1v) is 5.71. The van der Waals surface area contributed by atoms with Crippen LogP contribution < -0.4 is 0 Å². The molecule has 0 aliphatic heterocycles. The van der Waals surface area contributed by atoms with E-state index in [0.29, 0.717) is 0 Å². The van der Waals surface area contributed by atoms with E-state index in [2.05, 4.69) is 56.8 Å². The summed E-state index contributed by atoms with van der Waals surface area (Å²) in [5.41, 5.74) is 5.26. The van der Waals surface area contributed by atoms with Crippen molar-refractivity contribution in [2.24, 2.45) is 0 Å². The fourth-order valence-corrected chi connectivity index (χ4v) is 2.31. The molecule has 0 N–H and O–H groups in total. The monoisotopic (exact) mass is 210 g/mol. The summed E-state index contributed by atoms with van der Waals surface area (Å²) in [4.78, 5) is 0. The fourth-order valence-electron chi connectivity index (χ4n) is 2.31. The molecule has 0 amide bonds. The molecule has 1 aliphatic rings. The highest BCUT2D eigenvalue weighted by molar-refractivity contribution is 5.89. The van der Waals surface area contributed by atoms with Gasteiger partial charge in [0.2, 0.25) is 0 Å². The lowest BCUT2D eigenvalue weighted by Gasteiger charge is -2.20. The summed E-state index contributed by atoms with van der Waals surface area (Å²) in [5, 5.41) is 0. The van der Waals surface area contributed by atoms with Crippen LogP contribution in [0.25, 0.3) is 5.57 Å². The highest BCUT2D eigenvalue weighted by Gasteiger charge is 2.35. The molecular formula is C16H18. The lowest BCUT2D eigenvalue weighted by atomic mass is 9.83. The van der Waals surface area contributed by atoms with Gasteiger partial charge < -0.3 is 0 Å². The first-order valence-electron chi connectivity index (χ1n) is 5.71. The second kappa shape index (κ2) is 3.79. The van der Waals surface area contributed by atoms with Crippen LogP contribution >= 0.6 is 0 Å². The average Bonchev–Trinajstić information content (AvgIpc) is 2.47. The van der Waals surface area contributed by atoms with Crippen LogP contribution in [0.4, 0.5) is 0 Å². The van der Waals surface area contributed by atoms with E-state index >= 15 is 0 Å². The summed E-state index contributed by atoms with van der Waals surface area (Å²) in [6, 6.07) is 8.59. The van der Waals surface area contributed by atoms with E-state index in [4.69, 9.17) is 0 Å². The van der Waals surface area contributed by atoms with E-state index in [1.807, 2.05) is 13.0 Å². The topological polar surface area (TPSA) is 0 Å². The zero-order valence-corrected chi connectivity index (χ0v) is 10.2. The van der Waals surface area contributed by atoms with Crippen LogP contribution in [-0.2, 0) is 5.41 Å². The normalized spacial score (nSPS) is 20.7. The highest BCUT2D eigenvalue weighted by atomic mass is 14.4. The molecule has 1 aromatic rings. The second-order valence-corrected chi connectivity index (χ2v) is 4.76. The molecule has 0 unspecified atom stereocenters. The van der Waals surface area contributed by atoms with E-state index in [1.165, 1.54) is 22.3 Å². The van der Waals surface area contributed by atoms with E-state index in [9.17, 15) is 0 Å². The lowest BCUT2D eigenvalue weighted by Crippen LogP contribution is -2.13. The van der Waals surface area contributed by atoms with E-state index < -0.39 is 0 Å². The summed E-state index contributed by atoms with van der Waals surface area (Å²) < 4.78 is 0. The molecular weight excluding hydrogens is 192 g/mol. The van der Waals surface area contributed by atoms with Gasteiger partial charge in [0.25, 0.3) is 0 Å². The van der Waals surface area contributed by atoms with Gasteiger partial charge in [-0.1, -0.05) is 62.9 Å². The largest absolute Gasteiger partial charge is 0.0943 e. The van der Waals surface area contributed by atoms with Gasteiger partial charge in [-0.05, 0) is 29.2 Å². The Kier molecular flexibility index (Phi) is 2.59. The third-order valence-corrected chi connectivity index (χ3v) is 3.43. The van der Waals surface area contributed by atoms with Crippen molar-refractivity contribution in [3.63, 3.8) is 0 Å². The summed E-state index contributed by atoms with van der Waals surface area (Å²) >= 11 is 0. The molecule has 0 saturated carbocycles. The van der Waals surface area contributed by atoms with Crippen molar-refractivity contribution in [3.8, 4) is 0 Å². The molecule has 0 bridgehead atoms. The third kappa shape index (κ3) is 1.46. The van der Waals surface area contributed by atoms with Crippen molar-refractivity contribution >= 4 is 5.57 Å². The molecule has 1 aliphatic carbocycles. The van der Waals surface area contributed by atoms with Gasteiger partial charge >= 0.3 is 0 Å². The molecule has 16 heavy (non-hydrogen) atoms. The number of rotatable bonds is 1. The summed E-state index contributed by atoms with van der Waals surface area (Å²) in [7, 11) is 0. The van der Waals surface area contributed by atoms with Crippen LogP contribution in [0.2, 0.25) is 0 Å². The SMILES string of the molecule is C=C1/C(=C\C=C/C)c2ccccc2C1(C)C. The summed E-state index contributed by atoms with van der Waals surface area (Å²) in [6.07, 6.45) is 6.29. The Morgan fingerprint density at radius 2 is 1.88 bits per heavy atom. The van der Waals surface area contributed by atoms with Gasteiger partial charge in [0.15, 0.2) is 0 Å². The molecule has 0 fully saturated rings. The fraction of sp³-hybridized carbons (Fsp3) is 0.250. The molecule has 0 nitrogen and oxygen atoms in total. The smallest absolute Gasteiger partial charge is 0.0152 e. The van der Waals surface area contributed by atoms with Crippen molar-refractivity contribution < 1.29 is 0 Å². The molecule has 0 saturated heterocycles. The van der Waals surface area contributed by atoms with Gasteiger partial charge in [-0.3, -0.25) is 0 Å². The van der Waals surface area contributed by atoms with Gasteiger partial charge in [-0.15, -0.1) is 0 Å². The Labute approximate surface area is 98.0 Å². The minimum absolute atomic E-state index is 0.0595. The number of hydrogen-bond donors (Lipinski definition) is 0. The van der Waals surface area contributed by atoms with Gasteiger partial charge in [-0.2, -0.15) is 0 Å². The van der Waals surface area contributed by atoms with Crippen molar-refractivity contribution in [1.29, 1.82) is 0 Å². The third-order valence-electron chi connectivity index (χ3n) is 3.43. The Morgan fingerprint density at radius 3 is 2.56 bits per heavy atom. The van der Waals surface area contributed by atoms with Crippen molar-refractivity contribution in [3.05, 3.63) is 65.8 Å². The van der Waals surface area contributed by atoms with Gasteiger partial charge in [-0.25, -0.2) is 0 Å². The van der Waals surface area contributed by atoms with Crippen LogP contribution in [0.3, 0.4) is 0 Å². The minimum Gasteiger partial charge on any atom is -0.0943 e. The molecule has 82 valence electrons. The summed E-state index contributed by atoms with van der Waals surface area (Å²) in [6.45, 7) is 10.8. The molecule has 0 radical (unpaired) electrons. The number of hydrogen-bond acceptors (Lipinski definition) is 0. The molecule has 0 atom stereocenters. The molecule has 0 spiro atoms. The standard InChI is InChI=1S/C16H18/c1-5-6-9-13-12(2)16(3,4)15-11-8-7-10-14(13)15/h5-11H,2H2,1,3-4H3/b6-5-,13-9+. The van der Waals surface area contributed by atoms with E-state index in [0.717, 1.165) is 0 Å². The molecule has 1 aromatic carbocycles. The van der Waals surface area contributed by atoms with E-state index in [-0.39, 0.29) is 5.41 Å². The van der Waals surface area contributed by atoms with Crippen molar-refractivity contribution in [2.75, 3.05) is 0 Å². The number of allylic oxidation sites excluding steroid dienone is 5. The molecule has 2 rings (SSSR count). The number of fused-ring (bicyclic) bond motifs is 1. The van der Waals surface area contributed by atoms with Crippen LogP contribution in [-0.4, -0.2) is 0 Å². The van der Waals surface area contributed by atoms with E-state index in [1.54, 1.807) is 0 Å². The Balaban J connectivity index is 2.65. The minimum atomic E-state index is 0.0595. The van der Waals surface area contributed by atoms with Crippen molar-refractivity contribution in [1.82, 2.24) is 0 Å². The number of benzene rings is 1. The zero-order valence-electron chi connectivity index (χ0n) is 10.2. The first-order chi connectivity index (χ1) is 7.59. The Hall–Kier alpha value is -1.56. The van der Waals surface area contributed by atoms with Crippen molar-refractivity contribution in [2.45, 2.75) is 26.2 Å². The average molecular weight is 210 g/mol. The predicted octanol–water partition coefficient (Wildman–Crippen LogP) is 4.49. The molecule has 0 heterocycles. The lowest BCUT2D eigenvalue weighted by molar-refractivity contribution is 0.663.